The van der Waals surface area contributed by atoms with E-state index in [2.05, 4.69) is 23.0 Å². The second-order valence-electron chi connectivity index (χ2n) is 8.41. The number of hydrogen-bond acceptors (Lipinski definition) is 6. The number of hydrogen-bond donors (Lipinski definition) is 2. The second-order valence-corrected chi connectivity index (χ2v) is 10.3. The quantitative estimate of drug-likeness (QED) is 0.642. The van der Waals surface area contributed by atoms with E-state index < -0.39 is 10.0 Å². The van der Waals surface area contributed by atoms with Gasteiger partial charge < -0.3 is 9.64 Å². The van der Waals surface area contributed by atoms with Gasteiger partial charge in [0.1, 0.15) is 16.7 Å². The van der Waals surface area contributed by atoms with Gasteiger partial charge in [-0.3, -0.25) is 4.79 Å². The maximum atomic E-state index is 13.2. The van der Waals surface area contributed by atoms with E-state index in [4.69, 9.17) is 4.74 Å². The van der Waals surface area contributed by atoms with E-state index in [1.54, 1.807) is 12.1 Å². The van der Waals surface area contributed by atoms with Crippen molar-refractivity contribution >= 4 is 15.9 Å². The minimum absolute atomic E-state index is 0.0593. The molecular weight excluding hydrogens is 440 g/mol. The molecule has 4 rings (SSSR count). The van der Waals surface area contributed by atoms with Gasteiger partial charge >= 0.3 is 0 Å². The highest BCUT2D eigenvalue weighted by molar-refractivity contribution is 7.89. The van der Waals surface area contributed by atoms with Gasteiger partial charge in [-0.15, -0.1) is 0 Å². The number of nitrogens with one attached hydrogen (secondary N) is 2. The van der Waals surface area contributed by atoms with Crippen molar-refractivity contribution < 1.29 is 17.9 Å². The lowest BCUT2D eigenvalue weighted by Gasteiger charge is -2.30. The summed E-state index contributed by atoms with van der Waals surface area (Å²) in [5.74, 6) is 0.375. The van der Waals surface area contributed by atoms with Crippen LogP contribution in [0.4, 0.5) is 0 Å². The van der Waals surface area contributed by atoms with Crippen LogP contribution < -0.4 is 15.6 Å². The molecule has 2 atom stereocenters. The van der Waals surface area contributed by atoms with Crippen molar-refractivity contribution in [1.82, 2.24) is 20.1 Å². The molecule has 2 aliphatic rings. The molecule has 2 aromatic carbocycles. The minimum Gasteiger partial charge on any atom is -0.495 e. The van der Waals surface area contributed by atoms with Crippen LogP contribution in [0.5, 0.6) is 5.75 Å². The van der Waals surface area contributed by atoms with Crippen LogP contribution in [0.2, 0.25) is 0 Å². The van der Waals surface area contributed by atoms with Crippen molar-refractivity contribution in [2.45, 2.75) is 50.2 Å². The smallest absolute Gasteiger partial charge is 0.246 e. The lowest BCUT2D eigenvalue weighted by molar-refractivity contribution is -0.134. The molecule has 0 aliphatic carbocycles. The van der Waals surface area contributed by atoms with Crippen molar-refractivity contribution in [3.63, 3.8) is 0 Å². The molecule has 0 radical (unpaired) electrons. The average Bonchev–Trinajstić information content (AvgIpc) is 3.33. The summed E-state index contributed by atoms with van der Waals surface area (Å²) in [6.45, 7) is 5.71. The van der Waals surface area contributed by atoms with Gasteiger partial charge in [-0.2, -0.15) is 4.31 Å². The van der Waals surface area contributed by atoms with Crippen molar-refractivity contribution in [3.8, 4) is 5.75 Å². The van der Waals surface area contributed by atoms with E-state index in [0.29, 0.717) is 38.3 Å². The van der Waals surface area contributed by atoms with E-state index in [-0.39, 0.29) is 22.9 Å². The third kappa shape index (κ3) is 4.63. The Balaban J connectivity index is 1.51. The summed E-state index contributed by atoms with van der Waals surface area (Å²) in [4.78, 5) is 15.2. The molecule has 2 heterocycles. The number of carbonyl (C=O) groups excluding carboxylic acids is 1. The summed E-state index contributed by atoms with van der Waals surface area (Å²) in [5, 5.41) is 0. The summed E-state index contributed by atoms with van der Waals surface area (Å²) in [6, 6.07) is 12.9. The predicted octanol–water partition coefficient (Wildman–Crippen LogP) is 2.22. The topological polar surface area (TPSA) is 91.0 Å². The number of nitrogens with zero attached hydrogens (tertiary/aromatic N) is 2. The first-order chi connectivity index (χ1) is 15.9. The molecule has 2 unspecified atom stereocenters. The molecule has 0 bridgehead atoms. The van der Waals surface area contributed by atoms with Crippen LogP contribution in [-0.4, -0.2) is 56.3 Å². The van der Waals surface area contributed by atoms with E-state index >= 15 is 0 Å². The first-order valence-corrected chi connectivity index (χ1v) is 12.9. The number of sulfonamides is 1. The van der Waals surface area contributed by atoms with Crippen LogP contribution in [0, 0.1) is 0 Å². The van der Waals surface area contributed by atoms with Gasteiger partial charge in [-0.25, -0.2) is 19.3 Å². The number of amides is 1. The third-order valence-electron chi connectivity index (χ3n) is 6.56. The molecule has 1 saturated heterocycles. The molecule has 2 aromatic rings. The summed E-state index contributed by atoms with van der Waals surface area (Å²) < 4.78 is 33.1. The zero-order valence-electron chi connectivity index (χ0n) is 19.4. The highest BCUT2D eigenvalue weighted by Crippen LogP contribution is 2.32. The van der Waals surface area contributed by atoms with Gasteiger partial charge in [0.25, 0.3) is 0 Å². The van der Waals surface area contributed by atoms with Crippen LogP contribution in [0.3, 0.4) is 0 Å². The number of hydrazine groups is 1. The molecular formula is C24H32N4O4S. The molecule has 0 saturated carbocycles. The van der Waals surface area contributed by atoms with Crippen LogP contribution in [0.1, 0.15) is 43.0 Å². The fourth-order valence-electron chi connectivity index (χ4n) is 4.66. The molecule has 0 aromatic heterocycles. The Morgan fingerprint density at radius 2 is 1.85 bits per heavy atom. The maximum absolute atomic E-state index is 13.2. The Hall–Kier alpha value is -2.46. The maximum Gasteiger partial charge on any atom is 0.246 e. The third-order valence-corrected chi connectivity index (χ3v) is 8.63. The van der Waals surface area contributed by atoms with Crippen LogP contribution in [-0.2, 0) is 27.8 Å². The number of methoxy groups -OCH3 is 1. The Kier molecular flexibility index (Phi) is 7.04. The zero-order chi connectivity index (χ0) is 23.6. The van der Waals surface area contributed by atoms with Gasteiger partial charge in [0.2, 0.25) is 15.9 Å². The number of rotatable bonds is 7. The average molecular weight is 473 g/mol. The van der Waals surface area contributed by atoms with Crippen molar-refractivity contribution in [3.05, 3.63) is 59.2 Å². The standard InChI is InChI=1S/C24H32N4O4S/c1-4-28(5-2)33(30,31)23-14-18(10-11-22(23)32-3)20-15-21(26-25-20)24(29)27-13-12-17-8-6-7-9-19(17)16-27/h6-11,14,20-21,25-26H,4-5,12-13,15-16H2,1-3H3. The fourth-order valence-corrected chi connectivity index (χ4v) is 6.30. The SMILES string of the molecule is CCN(CC)S(=O)(=O)c1cc(C2CC(C(=O)N3CCc4ccccc4C3)NN2)ccc1OC. The molecule has 8 nitrogen and oxygen atoms in total. The molecule has 2 aliphatic heterocycles. The Bertz CT molecular complexity index is 1120. The van der Waals surface area contributed by atoms with Crippen molar-refractivity contribution in [1.29, 1.82) is 0 Å². The molecule has 1 amide bonds. The molecule has 0 spiro atoms. The van der Waals surface area contributed by atoms with Gasteiger partial charge in [0.05, 0.1) is 7.11 Å². The first kappa shape index (κ1) is 23.7. The van der Waals surface area contributed by atoms with Crippen LogP contribution >= 0.6 is 0 Å². The predicted molar refractivity (Wildman–Crippen MR) is 126 cm³/mol. The van der Waals surface area contributed by atoms with Crippen LogP contribution in [0.25, 0.3) is 0 Å². The number of ether oxygens (including phenoxy) is 1. The van der Waals surface area contributed by atoms with E-state index in [1.807, 2.05) is 36.9 Å². The highest BCUT2D eigenvalue weighted by atomic mass is 32.2. The summed E-state index contributed by atoms with van der Waals surface area (Å²) in [5.41, 5.74) is 9.61. The molecule has 2 N–H and O–H groups in total. The van der Waals surface area contributed by atoms with Crippen molar-refractivity contribution in [2.24, 2.45) is 0 Å². The van der Waals surface area contributed by atoms with E-state index in [0.717, 1.165) is 12.0 Å². The molecule has 1 fully saturated rings. The molecule has 178 valence electrons. The fraction of sp³-hybridized carbons (Fsp3) is 0.458. The zero-order valence-corrected chi connectivity index (χ0v) is 20.2. The Morgan fingerprint density at radius 3 is 2.55 bits per heavy atom. The van der Waals surface area contributed by atoms with E-state index in [1.165, 1.54) is 22.5 Å². The number of benzene rings is 2. The van der Waals surface area contributed by atoms with Gasteiger partial charge in [-0.1, -0.05) is 44.2 Å². The van der Waals surface area contributed by atoms with Gasteiger partial charge in [0.15, 0.2) is 0 Å². The normalized spacial score (nSPS) is 20.7. The largest absolute Gasteiger partial charge is 0.495 e. The van der Waals surface area contributed by atoms with Crippen molar-refractivity contribution in [2.75, 3.05) is 26.7 Å². The van der Waals surface area contributed by atoms with Gasteiger partial charge in [0, 0.05) is 32.2 Å². The highest BCUT2D eigenvalue weighted by Gasteiger charge is 2.35. The molecule has 9 heteroatoms. The van der Waals surface area contributed by atoms with Gasteiger partial charge in [-0.05, 0) is 41.7 Å². The summed E-state index contributed by atoms with van der Waals surface area (Å²) in [7, 11) is -2.22. The minimum atomic E-state index is -3.69. The number of fused-ring (bicyclic) bond motifs is 1. The summed E-state index contributed by atoms with van der Waals surface area (Å²) in [6.07, 6.45) is 1.39. The molecule has 33 heavy (non-hydrogen) atoms. The van der Waals surface area contributed by atoms with Crippen LogP contribution in [0.15, 0.2) is 47.4 Å². The summed E-state index contributed by atoms with van der Waals surface area (Å²) >= 11 is 0. The monoisotopic (exact) mass is 472 g/mol. The Morgan fingerprint density at radius 1 is 1.12 bits per heavy atom. The number of carbonyl (C=O) groups is 1. The van der Waals surface area contributed by atoms with E-state index in [9.17, 15) is 13.2 Å². The lowest BCUT2D eigenvalue weighted by atomic mass is 9.98. The first-order valence-electron chi connectivity index (χ1n) is 11.4. The second kappa shape index (κ2) is 9.80. The Labute approximate surface area is 195 Å². The lowest BCUT2D eigenvalue weighted by Crippen LogP contribution is -2.47.